The molecule has 1 fully saturated rings. The molecule has 31 heavy (non-hydrogen) atoms. The van der Waals surface area contributed by atoms with Crippen molar-refractivity contribution in [2.75, 3.05) is 13.1 Å². The maximum Gasteiger partial charge on any atom is 0.252 e. The molecule has 0 aliphatic carbocycles. The summed E-state index contributed by atoms with van der Waals surface area (Å²) in [7, 11) is -3.63. The van der Waals surface area contributed by atoms with Crippen molar-refractivity contribution in [3.8, 4) is 0 Å². The number of carbonyl (C=O) groups excluding carboxylic acids is 1. The Morgan fingerprint density at radius 2 is 1.65 bits per heavy atom. The van der Waals surface area contributed by atoms with Crippen molar-refractivity contribution in [2.45, 2.75) is 36.6 Å². The van der Waals surface area contributed by atoms with Crippen LogP contribution in [0.3, 0.4) is 0 Å². The van der Waals surface area contributed by atoms with Crippen molar-refractivity contribution >= 4 is 15.9 Å². The molecule has 1 saturated heterocycles. The van der Waals surface area contributed by atoms with Gasteiger partial charge in [0.2, 0.25) is 10.0 Å². The van der Waals surface area contributed by atoms with Crippen LogP contribution in [0.5, 0.6) is 0 Å². The molecule has 6 nitrogen and oxygen atoms in total. The number of rotatable bonds is 6. The summed E-state index contributed by atoms with van der Waals surface area (Å²) in [6, 6.07) is 18.9. The van der Waals surface area contributed by atoms with E-state index in [-0.39, 0.29) is 10.8 Å². The summed E-state index contributed by atoms with van der Waals surface area (Å²) in [5.41, 5.74) is 1.17. The summed E-state index contributed by atoms with van der Waals surface area (Å²) in [5, 5.41) is 2.98. The van der Waals surface area contributed by atoms with Gasteiger partial charge in [0.05, 0.1) is 11.2 Å². The smallest absolute Gasteiger partial charge is 0.252 e. The number of benzene rings is 2. The van der Waals surface area contributed by atoms with E-state index in [4.69, 9.17) is 4.42 Å². The molecular formula is C24H26N2O4S. The lowest BCUT2D eigenvalue weighted by molar-refractivity contribution is 0.0938. The number of amides is 1. The fourth-order valence-electron chi connectivity index (χ4n) is 3.86. The largest absolute Gasteiger partial charge is 0.467 e. The minimum absolute atomic E-state index is 0.149. The minimum Gasteiger partial charge on any atom is -0.467 e. The van der Waals surface area contributed by atoms with E-state index in [0.717, 1.165) is 31.2 Å². The zero-order valence-corrected chi connectivity index (χ0v) is 18.1. The Kier molecular flexibility index (Phi) is 6.53. The highest BCUT2D eigenvalue weighted by Crippen LogP contribution is 2.24. The van der Waals surface area contributed by atoms with Crippen LogP contribution in [0.4, 0.5) is 0 Å². The molecule has 0 radical (unpaired) electrons. The summed E-state index contributed by atoms with van der Waals surface area (Å²) in [4.78, 5) is 13.2. The van der Waals surface area contributed by atoms with E-state index in [9.17, 15) is 13.2 Å². The highest BCUT2D eigenvalue weighted by Gasteiger charge is 2.26. The second-order valence-electron chi connectivity index (χ2n) is 7.68. The van der Waals surface area contributed by atoms with Gasteiger partial charge in [0.15, 0.2) is 0 Å². The number of hydrogen-bond donors (Lipinski definition) is 1. The Bertz CT molecular complexity index is 1100. The van der Waals surface area contributed by atoms with Crippen molar-refractivity contribution in [1.29, 1.82) is 0 Å². The van der Waals surface area contributed by atoms with Crippen molar-refractivity contribution in [3.05, 3.63) is 89.9 Å². The molecule has 1 aromatic heterocycles. The van der Waals surface area contributed by atoms with Gasteiger partial charge in [0.1, 0.15) is 11.8 Å². The molecule has 1 N–H and O–H groups in total. The van der Waals surface area contributed by atoms with E-state index in [2.05, 4.69) is 5.32 Å². The van der Waals surface area contributed by atoms with Crippen LogP contribution in [0.2, 0.25) is 0 Å². The number of hydrogen-bond acceptors (Lipinski definition) is 4. The quantitative estimate of drug-likeness (QED) is 0.620. The molecule has 162 valence electrons. The molecule has 2 aromatic carbocycles. The monoisotopic (exact) mass is 438 g/mol. The Hall–Kier alpha value is -2.90. The predicted molar refractivity (Wildman–Crippen MR) is 118 cm³/mol. The third kappa shape index (κ3) is 4.89. The number of sulfonamides is 1. The lowest BCUT2D eigenvalue weighted by atomic mass is 10.0. The number of furan rings is 1. The molecule has 1 atom stereocenters. The van der Waals surface area contributed by atoms with Crippen molar-refractivity contribution in [3.63, 3.8) is 0 Å². The van der Waals surface area contributed by atoms with Crippen LogP contribution in [0.1, 0.15) is 53.4 Å². The van der Waals surface area contributed by atoms with Gasteiger partial charge in [-0.2, -0.15) is 4.31 Å². The molecule has 7 heteroatoms. The second kappa shape index (κ2) is 9.49. The first kappa shape index (κ1) is 21.3. The van der Waals surface area contributed by atoms with Crippen LogP contribution in [0.15, 0.2) is 82.3 Å². The van der Waals surface area contributed by atoms with Crippen LogP contribution in [-0.4, -0.2) is 31.7 Å². The van der Waals surface area contributed by atoms with Gasteiger partial charge in [0.25, 0.3) is 5.91 Å². The van der Waals surface area contributed by atoms with Crippen LogP contribution in [0, 0.1) is 0 Å². The fraction of sp³-hybridized carbons (Fsp3) is 0.292. The fourth-order valence-corrected chi connectivity index (χ4v) is 5.43. The average Bonchev–Trinajstić information content (AvgIpc) is 3.18. The van der Waals surface area contributed by atoms with Crippen LogP contribution in [-0.2, 0) is 10.0 Å². The molecule has 1 amide bonds. The summed E-state index contributed by atoms with van der Waals surface area (Å²) in [6.45, 7) is 1.04. The van der Waals surface area contributed by atoms with Gasteiger partial charge < -0.3 is 9.73 Å². The molecule has 4 rings (SSSR count). The molecule has 0 bridgehead atoms. The molecule has 0 saturated carbocycles. The molecule has 1 aliphatic heterocycles. The summed E-state index contributed by atoms with van der Waals surface area (Å²) >= 11 is 0. The summed E-state index contributed by atoms with van der Waals surface area (Å²) in [5.74, 6) is 0.242. The average molecular weight is 439 g/mol. The molecule has 1 unspecified atom stereocenters. The topological polar surface area (TPSA) is 79.6 Å². The van der Waals surface area contributed by atoms with Gasteiger partial charge in [-0.1, -0.05) is 49.2 Å². The zero-order chi connectivity index (χ0) is 21.7. The number of carbonyl (C=O) groups is 1. The van der Waals surface area contributed by atoms with Crippen molar-refractivity contribution in [1.82, 2.24) is 9.62 Å². The van der Waals surface area contributed by atoms with E-state index in [1.165, 1.54) is 10.4 Å². The Balaban J connectivity index is 1.59. The van der Waals surface area contributed by atoms with E-state index in [1.54, 1.807) is 36.6 Å². The maximum atomic E-state index is 13.1. The minimum atomic E-state index is -3.63. The van der Waals surface area contributed by atoms with Gasteiger partial charge >= 0.3 is 0 Å². The Morgan fingerprint density at radius 1 is 0.903 bits per heavy atom. The van der Waals surface area contributed by atoms with Crippen molar-refractivity contribution < 1.29 is 17.6 Å². The van der Waals surface area contributed by atoms with Gasteiger partial charge in [0, 0.05) is 18.7 Å². The second-order valence-corrected chi connectivity index (χ2v) is 9.62. The standard InChI is InChI=1S/C24H26N2O4S/c27-24(25-23(22-14-9-17-30-22)19-10-4-3-5-11-19)20-12-8-13-21(18-20)31(28,29)26-15-6-1-2-7-16-26/h3-5,8-14,17-18,23H,1-2,6-7,15-16H2,(H,25,27). The molecule has 0 spiro atoms. The van der Waals surface area contributed by atoms with Gasteiger partial charge in [-0.25, -0.2) is 8.42 Å². The van der Waals surface area contributed by atoms with E-state index in [0.29, 0.717) is 24.4 Å². The third-order valence-corrected chi connectivity index (χ3v) is 7.43. The molecular weight excluding hydrogens is 412 g/mol. The molecule has 1 aliphatic rings. The van der Waals surface area contributed by atoms with Crippen molar-refractivity contribution in [2.24, 2.45) is 0 Å². The third-order valence-electron chi connectivity index (χ3n) is 5.54. The predicted octanol–water partition coefficient (Wildman–Crippen LogP) is 4.36. The summed E-state index contributed by atoms with van der Waals surface area (Å²) in [6.07, 6.45) is 5.37. The van der Waals surface area contributed by atoms with E-state index >= 15 is 0 Å². The number of nitrogens with zero attached hydrogens (tertiary/aromatic N) is 1. The van der Waals surface area contributed by atoms with Crippen LogP contribution < -0.4 is 5.32 Å². The first-order valence-electron chi connectivity index (χ1n) is 10.5. The van der Waals surface area contributed by atoms with E-state index in [1.807, 2.05) is 30.3 Å². The highest BCUT2D eigenvalue weighted by molar-refractivity contribution is 7.89. The lowest BCUT2D eigenvalue weighted by Gasteiger charge is -2.21. The Labute approximate surface area is 182 Å². The zero-order valence-electron chi connectivity index (χ0n) is 17.2. The van der Waals surface area contributed by atoms with Crippen LogP contribution in [0.25, 0.3) is 0 Å². The maximum absolute atomic E-state index is 13.1. The highest BCUT2D eigenvalue weighted by atomic mass is 32.2. The van der Waals surface area contributed by atoms with Crippen LogP contribution >= 0.6 is 0 Å². The number of nitrogens with one attached hydrogen (secondary N) is 1. The molecule has 2 heterocycles. The first-order valence-corrected chi connectivity index (χ1v) is 12.0. The van der Waals surface area contributed by atoms with Gasteiger partial charge in [-0.15, -0.1) is 0 Å². The van der Waals surface area contributed by atoms with Gasteiger partial charge in [-0.3, -0.25) is 4.79 Å². The van der Waals surface area contributed by atoms with Gasteiger partial charge in [-0.05, 0) is 48.7 Å². The normalized spacial score (nSPS) is 16.4. The first-order chi connectivity index (χ1) is 15.1. The molecule has 3 aromatic rings. The lowest BCUT2D eigenvalue weighted by Crippen LogP contribution is -2.32. The SMILES string of the molecule is O=C(NC(c1ccccc1)c1ccco1)c1cccc(S(=O)(=O)N2CCCCCC2)c1. The summed E-state index contributed by atoms with van der Waals surface area (Å²) < 4.78 is 33.3. The van der Waals surface area contributed by atoms with E-state index < -0.39 is 16.1 Å². The Morgan fingerprint density at radius 3 is 2.32 bits per heavy atom.